The zero-order chi connectivity index (χ0) is 6.91. The molecule has 0 aromatic carbocycles. The number of aromatic nitrogens is 3. The molecule has 0 amide bonds. The number of rotatable bonds is 0. The first-order valence-electron chi connectivity index (χ1n) is 2.89. The second-order valence-corrected chi connectivity index (χ2v) is 2.96. The maximum absolute atomic E-state index is 3.80. The predicted molar refractivity (Wildman–Crippen MR) is 33.9 cm³/mol. The molecule has 4 heteroatoms. The third-order valence-electron chi connectivity index (χ3n) is 1.07. The van der Waals surface area contributed by atoms with Crippen molar-refractivity contribution in [1.82, 2.24) is 15.0 Å². The van der Waals surface area contributed by atoms with Gasteiger partial charge in [0.05, 0.1) is 5.54 Å². The van der Waals surface area contributed by atoms with Gasteiger partial charge in [0.1, 0.15) is 0 Å². The fourth-order valence-electron chi connectivity index (χ4n) is 0.508. The van der Waals surface area contributed by atoms with Crippen molar-refractivity contribution in [2.75, 3.05) is 0 Å². The standard InChI is InChI=1S/C6H10N3.Re/c1-6(2,3)9-5-4-7-8-9;/h5H,1-3H3;/q-1;. The summed E-state index contributed by atoms with van der Waals surface area (Å²) in [7, 11) is 0. The van der Waals surface area contributed by atoms with Crippen molar-refractivity contribution in [2.45, 2.75) is 26.3 Å². The molecule has 0 unspecified atom stereocenters. The molecule has 0 atom stereocenters. The Hall–Kier alpha value is -0.198. The summed E-state index contributed by atoms with van der Waals surface area (Å²) < 4.78 is 1.77. The van der Waals surface area contributed by atoms with E-state index in [0.29, 0.717) is 0 Å². The molecular weight excluding hydrogens is 300 g/mol. The summed E-state index contributed by atoms with van der Waals surface area (Å²) in [6.45, 7) is 6.20. The van der Waals surface area contributed by atoms with Crippen LogP contribution in [0.15, 0.2) is 6.20 Å². The van der Waals surface area contributed by atoms with Crippen LogP contribution < -0.4 is 0 Å². The van der Waals surface area contributed by atoms with E-state index in [1.54, 1.807) is 10.9 Å². The van der Waals surface area contributed by atoms with Crippen LogP contribution >= 0.6 is 0 Å². The SMILES string of the molecule is CC(C)(C)n1c[c-]nn1.[Re]. The molecule has 0 N–H and O–H groups in total. The molecule has 0 bridgehead atoms. The first-order valence-corrected chi connectivity index (χ1v) is 2.89. The molecule has 0 aliphatic heterocycles. The van der Waals surface area contributed by atoms with Gasteiger partial charge in [-0.25, -0.2) is 0 Å². The van der Waals surface area contributed by atoms with Gasteiger partial charge in [-0.2, -0.15) is 0 Å². The summed E-state index contributed by atoms with van der Waals surface area (Å²) >= 11 is 0. The molecule has 57 valence electrons. The quantitative estimate of drug-likeness (QED) is 0.665. The third-order valence-corrected chi connectivity index (χ3v) is 1.07. The van der Waals surface area contributed by atoms with E-state index >= 15 is 0 Å². The van der Waals surface area contributed by atoms with Gasteiger partial charge in [0, 0.05) is 20.4 Å². The Morgan fingerprint density at radius 3 is 2.20 bits per heavy atom. The topological polar surface area (TPSA) is 30.7 Å². The predicted octanol–water partition coefficient (Wildman–Crippen LogP) is 0.831. The molecule has 0 saturated heterocycles. The summed E-state index contributed by atoms with van der Waals surface area (Å²) in [5, 5.41) is 7.38. The van der Waals surface area contributed by atoms with Crippen LogP contribution in [-0.4, -0.2) is 15.0 Å². The summed E-state index contributed by atoms with van der Waals surface area (Å²) in [6, 6.07) is 0. The average molecular weight is 310 g/mol. The van der Waals surface area contributed by atoms with Gasteiger partial charge in [0.25, 0.3) is 0 Å². The maximum Gasteiger partial charge on any atom is 0.0526 e. The van der Waals surface area contributed by atoms with E-state index in [9.17, 15) is 0 Å². The Kier molecular flexibility index (Phi) is 3.20. The van der Waals surface area contributed by atoms with Crippen LogP contribution in [0.4, 0.5) is 0 Å². The molecule has 1 heterocycles. The first kappa shape index (κ1) is 9.80. The Morgan fingerprint density at radius 1 is 1.40 bits per heavy atom. The van der Waals surface area contributed by atoms with Crippen LogP contribution in [0.1, 0.15) is 20.8 Å². The van der Waals surface area contributed by atoms with Crippen molar-refractivity contribution in [1.29, 1.82) is 0 Å². The Labute approximate surface area is 74.5 Å². The van der Waals surface area contributed by atoms with Gasteiger partial charge in [-0.3, -0.25) is 4.68 Å². The van der Waals surface area contributed by atoms with E-state index in [2.05, 4.69) is 37.3 Å². The molecule has 1 radical (unpaired) electrons. The Balaban J connectivity index is 0.000000810. The van der Waals surface area contributed by atoms with E-state index in [1.807, 2.05) is 0 Å². The fraction of sp³-hybridized carbons (Fsp3) is 0.667. The molecule has 0 aliphatic rings. The molecule has 3 nitrogen and oxygen atoms in total. The minimum absolute atomic E-state index is 0. The van der Waals surface area contributed by atoms with E-state index < -0.39 is 0 Å². The normalized spacial score (nSPS) is 10.7. The summed E-state index contributed by atoms with van der Waals surface area (Å²) in [5.74, 6) is 0. The van der Waals surface area contributed by atoms with Gasteiger partial charge in [-0.15, -0.1) is 11.4 Å². The molecular formula is C6H10N3Re-. The minimum atomic E-state index is 0. The zero-order valence-corrected chi connectivity index (χ0v) is 9.01. The van der Waals surface area contributed by atoms with Crippen molar-refractivity contribution < 1.29 is 20.4 Å². The van der Waals surface area contributed by atoms with Crippen molar-refractivity contribution in [3.63, 3.8) is 0 Å². The van der Waals surface area contributed by atoms with Crippen molar-refractivity contribution in [3.05, 3.63) is 12.4 Å². The molecule has 0 aliphatic carbocycles. The monoisotopic (exact) mass is 311 g/mol. The molecule has 0 spiro atoms. The number of nitrogens with zero attached hydrogens (tertiary/aromatic N) is 3. The smallest absolute Gasteiger partial charge is 0.0526 e. The fourth-order valence-corrected chi connectivity index (χ4v) is 0.508. The Bertz CT molecular complexity index is 175. The van der Waals surface area contributed by atoms with Crippen LogP contribution in [0.2, 0.25) is 0 Å². The van der Waals surface area contributed by atoms with Gasteiger partial charge < -0.3 is 11.3 Å². The van der Waals surface area contributed by atoms with Crippen LogP contribution in [0.5, 0.6) is 0 Å². The molecule has 10 heavy (non-hydrogen) atoms. The van der Waals surface area contributed by atoms with Gasteiger partial charge in [-0.1, -0.05) is 0 Å². The second-order valence-electron chi connectivity index (χ2n) is 2.96. The van der Waals surface area contributed by atoms with Gasteiger partial charge in [-0.05, 0) is 20.8 Å². The van der Waals surface area contributed by atoms with Crippen molar-refractivity contribution >= 4 is 0 Å². The van der Waals surface area contributed by atoms with E-state index in [1.165, 1.54) is 0 Å². The van der Waals surface area contributed by atoms with Gasteiger partial charge in [0.2, 0.25) is 0 Å². The summed E-state index contributed by atoms with van der Waals surface area (Å²) in [4.78, 5) is 0. The first-order chi connectivity index (χ1) is 4.11. The van der Waals surface area contributed by atoms with E-state index in [0.717, 1.165) is 0 Å². The number of hydrogen-bond acceptors (Lipinski definition) is 2. The maximum atomic E-state index is 3.80. The van der Waals surface area contributed by atoms with Crippen LogP contribution in [0, 0.1) is 6.20 Å². The molecule has 0 fully saturated rings. The van der Waals surface area contributed by atoms with E-state index in [4.69, 9.17) is 0 Å². The minimum Gasteiger partial charge on any atom is -0.352 e. The summed E-state index contributed by atoms with van der Waals surface area (Å²) in [6.07, 6.45) is 4.37. The van der Waals surface area contributed by atoms with Crippen LogP contribution in [0.3, 0.4) is 0 Å². The number of hydrogen-bond donors (Lipinski definition) is 0. The van der Waals surface area contributed by atoms with Gasteiger partial charge >= 0.3 is 0 Å². The van der Waals surface area contributed by atoms with Crippen LogP contribution in [-0.2, 0) is 26.0 Å². The second kappa shape index (κ2) is 3.27. The van der Waals surface area contributed by atoms with Crippen molar-refractivity contribution in [3.8, 4) is 0 Å². The summed E-state index contributed by atoms with van der Waals surface area (Å²) in [5.41, 5.74) is 0.0347. The molecule has 1 rings (SSSR count). The molecule has 1 aromatic heterocycles. The van der Waals surface area contributed by atoms with Crippen molar-refractivity contribution in [2.24, 2.45) is 0 Å². The Morgan fingerprint density at radius 2 is 2.00 bits per heavy atom. The van der Waals surface area contributed by atoms with Gasteiger partial charge in [0.15, 0.2) is 0 Å². The van der Waals surface area contributed by atoms with Crippen LogP contribution in [0.25, 0.3) is 0 Å². The third kappa shape index (κ3) is 2.20. The average Bonchev–Trinajstić information content (AvgIpc) is 2.08. The zero-order valence-electron chi connectivity index (χ0n) is 6.30. The largest absolute Gasteiger partial charge is 0.352 e. The van der Waals surface area contributed by atoms with E-state index in [-0.39, 0.29) is 26.0 Å². The molecule has 0 saturated carbocycles. The molecule has 1 aromatic rings.